The molecule has 0 fully saturated rings. The van der Waals surface area contributed by atoms with Crippen LogP contribution in [0.5, 0.6) is 0 Å². The maximum absolute atomic E-state index is 2.49. The van der Waals surface area contributed by atoms with Crippen molar-refractivity contribution in [2.75, 3.05) is 4.90 Å². The largest absolute Gasteiger partial charge is 0.310 e. The second-order valence-corrected chi connectivity index (χ2v) is 15.7. The van der Waals surface area contributed by atoms with Gasteiger partial charge in [-0.1, -0.05) is 173 Å². The lowest BCUT2D eigenvalue weighted by molar-refractivity contribution is 0.660. The van der Waals surface area contributed by atoms with Crippen LogP contribution in [0.3, 0.4) is 0 Å². The summed E-state index contributed by atoms with van der Waals surface area (Å²) in [5.74, 6) is 0. The highest BCUT2D eigenvalue weighted by molar-refractivity contribution is 6.00. The molecule has 0 saturated carbocycles. The normalized spacial score (nSPS) is 14.3. The summed E-state index contributed by atoms with van der Waals surface area (Å²) >= 11 is 0. The van der Waals surface area contributed by atoms with Crippen LogP contribution < -0.4 is 4.90 Å². The van der Waals surface area contributed by atoms with Crippen molar-refractivity contribution in [1.82, 2.24) is 0 Å². The Kier molecular flexibility index (Phi) is 6.94. The molecule has 0 saturated heterocycles. The standard InChI is InChI=1S/C52H41N/c1-51(2)46-27-11-8-23-44(46)50-43(25-15-28-47(50)51)42-22-9-12-29-49(42)53(37-30-31-41-40-21-7-10-26-45(40)52(3,4)48(41)33-37)36-19-13-18-35(32-36)39-24-14-17-34-16-5-6-20-38(34)39/h5-33H,1-4H3. The van der Waals surface area contributed by atoms with Gasteiger partial charge >= 0.3 is 0 Å². The summed E-state index contributed by atoms with van der Waals surface area (Å²) in [7, 11) is 0. The Morgan fingerprint density at radius 2 is 0.906 bits per heavy atom. The van der Waals surface area contributed by atoms with Crippen LogP contribution in [0.4, 0.5) is 17.1 Å². The molecule has 53 heavy (non-hydrogen) atoms. The predicted octanol–water partition coefficient (Wildman–Crippen LogP) is 14.3. The van der Waals surface area contributed by atoms with Gasteiger partial charge < -0.3 is 4.90 Å². The first-order valence-corrected chi connectivity index (χ1v) is 18.8. The highest BCUT2D eigenvalue weighted by atomic mass is 15.1. The molecular weight excluding hydrogens is 639 g/mol. The Morgan fingerprint density at radius 1 is 0.358 bits per heavy atom. The smallest absolute Gasteiger partial charge is 0.0540 e. The second-order valence-electron chi connectivity index (χ2n) is 15.7. The molecule has 0 spiro atoms. The Morgan fingerprint density at radius 3 is 1.75 bits per heavy atom. The van der Waals surface area contributed by atoms with Crippen LogP contribution in [-0.4, -0.2) is 0 Å². The van der Waals surface area contributed by atoms with Gasteiger partial charge in [-0.15, -0.1) is 0 Å². The van der Waals surface area contributed by atoms with E-state index in [0.717, 1.165) is 17.1 Å². The zero-order chi connectivity index (χ0) is 35.9. The number of nitrogens with zero attached hydrogens (tertiary/aromatic N) is 1. The van der Waals surface area contributed by atoms with E-state index in [4.69, 9.17) is 0 Å². The van der Waals surface area contributed by atoms with E-state index < -0.39 is 0 Å². The molecule has 0 atom stereocenters. The maximum Gasteiger partial charge on any atom is 0.0540 e. The molecule has 0 N–H and O–H groups in total. The number of para-hydroxylation sites is 1. The average molecular weight is 680 g/mol. The molecule has 0 amide bonds. The van der Waals surface area contributed by atoms with Gasteiger partial charge in [0.2, 0.25) is 0 Å². The zero-order valence-electron chi connectivity index (χ0n) is 30.7. The van der Waals surface area contributed by atoms with Crippen molar-refractivity contribution in [3.63, 3.8) is 0 Å². The van der Waals surface area contributed by atoms with Gasteiger partial charge in [-0.05, 0) is 102 Å². The van der Waals surface area contributed by atoms with E-state index in [1.54, 1.807) is 0 Å². The fourth-order valence-electron chi connectivity index (χ4n) is 9.42. The van der Waals surface area contributed by atoms with Crippen molar-refractivity contribution in [1.29, 1.82) is 0 Å². The number of rotatable bonds is 5. The zero-order valence-corrected chi connectivity index (χ0v) is 30.7. The minimum absolute atomic E-state index is 0.0794. The molecule has 0 radical (unpaired) electrons. The molecule has 1 heteroatoms. The van der Waals surface area contributed by atoms with Crippen molar-refractivity contribution in [2.24, 2.45) is 0 Å². The highest BCUT2D eigenvalue weighted by Crippen LogP contribution is 2.55. The van der Waals surface area contributed by atoms with Crippen LogP contribution in [0.2, 0.25) is 0 Å². The lowest BCUT2D eigenvalue weighted by atomic mass is 9.82. The van der Waals surface area contributed by atoms with Crippen LogP contribution in [-0.2, 0) is 10.8 Å². The van der Waals surface area contributed by atoms with Gasteiger partial charge in [0.15, 0.2) is 0 Å². The SMILES string of the molecule is CC1(C)c2ccccc2-c2ccc(N(c3cccc(-c4cccc5ccccc45)c3)c3ccccc3-c3cccc4c3-c3ccccc3C4(C)C)cc21. The molecule has 2 aliphatic carbocycles. The first-order chi connectivity index (χ1) is 25.8. The maximum atomic E-state index is 2.49. The molecule has 10 rings (SSSR count). The van der Waals surface area contributed by atoms with E-state index in [0.29, 0.717) is 0 Å². The summed E-state index contributed by atoms with van der Waals surface area (Å²) in [6.07, 6.45) is 0. The Labute approximate surface area is 312 Å². The minimum atomic E-state index is -0.118. The monoisotopic (exact) mass is 679 g/mol. The quantitative estimate of drug-likeness (QED) is 0.175. The fourth-order valence-corrected chi connectivity index (χ4v) is 9.42. The number of fused-ring (bicyclic) bond motifs is 7. The van der Waals surface area contributed by atoms with Crippen molar-refractivity contribution < 1.29 is 0 Å². The van der Waals surface area contributed by atoms with Gasteiger partial charge in [0.25, 0.3) is 0 Å². The van der Waals surface area contributed by atoms with Crippen LogP contribution in [0, 0.1) is 0 Å². The fraction of sp³-hybridized carbons (Fsp3) is 0.115. The summed E-state index contributed by atoms with van der Waals surface area (Å²) < 4.78 is 0. The summed E-state index contributed by atoms with van der Waals surface area (Å²) in [5.41, 5.74) is 19.0. The Balaban J connectivity index is 1.22. The minimum Gasteiger partial charge on any atom is -0.310 e. The Hall–Kier alpha value is -6.18. The summed E-state index contributed by atoms with van der Waals surface area (Å²) in [6.45, 7) is 9.46. The van der Waals surface area contributed by atoms with E-state index in [-0.39, 0.29) is 10.8 Å². The lowest BCUT2D eigenvalue weighted by Gasteiger charge is -2.30. The first-order valence-electron chi connectivity index (χ1n) is 18.8. The molecule has 1 nitrogen and oxygen atoms in total. The first kappa shape index (κ1) is 31.5. The topological polar surface area (TPSA) is 3.24 Å². The Bertz CT molecular complexity index is 2740. The predicted molar refractivity (Wildman–Crippen MR) is 225 cm³/mol. The van der Waals surface area contributed by atoms with Gasteiger partial charge in [0.1, 0.15) is 0 Å². The lowest BCUT2D eigenvalue weighted by Crippen LogP contribution is -2.17. The van der Waals surface area contributed by atoms with Crippen molar-refractivity contribution in [3.8, 4) is 44.5 Å². The van der Waals surface area contributed by atoms with Crippen molar-refractivity contribution in [3.05, 3.63) is 198 Å². The second kappa shape index (κ2) is 11.7. The van der Waals surface area contributed by atoms with Crippen LogP contribution >= 0.6 is 0 Å². The molecule has 2 aliphatic rings. The van der Waals surface area contributed by atoms with Crippen LogP contribution in [0.25, 0.3) is 55.3 Å². The molecule has 0 aliphatic heterocycles. The number of anilines is 3. The highest BCUT2D eigenvalue weighted by Gasteiger charge is 2.38. The molecule has 0 bridgehead atoms. The summed E-state index contributed by atoms with van der Waals surface area (Å²) in [6, 6.07) is 65.3. The third-order valence-corrected chi connectivity index (χ3v) is 12.1. The number of benzene rings is 8. The molecule has 0 heterocycles. The third kappa shape index (κ3) is 4.70. The molecule has 8 aromatic carbocycles. The summed E-state index contributed by atoms with van der Waals surface area (Å²) in [4.78, 5) is 2.49. The molecular formula is C52H41N. The van der Waals surface area contributed by atoms with Gasteiger partial charge in [-0.3, -0.25) is 0 Å². The molecule has 8 aromatic rings. The van der Waals surface area contributed by atoms with Gasteiger partial charge in [0, 0.05) is 27.8 Å². The van der Waals surface area contributed by atoms with E-state index in [9.17, 15) is 0 Å². The van der Waals surface area contributed by atoms with E-state index in [1.165, 1.54) is 77.5 Å². The molecule has 0 aromatic heterocycles. The van der Waals surface area contributed by atoms with E-state index >= 15 is 0 Å². The van der Waals surface area contributed by atoms with Crippen molar-refractivity contribution >= 4 is 27.8 Å². The van der Waals surface area contributed by atoms with E-state index in [1.807, 2.05) is 0 Å². The van der Waals surface area contributed by atoms with Gasteiger partial charge in [0.05, 0.1) is 5.69 Å². The van der Waals surface area contributed by atoms with Crippen LogP contribution in [0.15, 0.2) is 176 Å². The number of hydrogen-bond donors (Lipinski definition) is 0. The van der Waals surface area contributed by atoms with E-state index in [2.05, 4.69) is 209 Å². The summed E-state index contributed by atoms with van der Waals surface area (Å²) in [5, 5.41) is 2.51. The average Bonchev–Trinajstić information content (AvgIpc) is 3.58. The molecule has 254 valence electrons. The third-order valence-electron chi connectivity index (χ3n) is 12.1. The number of hydrogen-bond acceptors (Lipinski definition) is 1. The van der Waals surface area contributed by atoms with Gasteiger partial charge in [-0.25, -0.2) is 0 Å². The molecule has 0 unspecified atom stereocenters. The van der Waals surface area contributed by atoms with Crippen LogP contribution in [0.1, 0.15) is 49.9 Å². The van der Waals surface area contributed by atoms with Gasteiger partial charge in [-0.2, -0.15) is 0 Å². The van der Waals surface area contributed by atoms with Crippen molar-refractivity contribution in [2.45, 2.75) is 38.5 Å².